The fourth-order valence-electron chi connectivity index (χ4n) is 11.5. The molecule has 0 aromatic heterocycles. The van der Waals surface area contributed by atoms with E-state index in [4.69, 9.17) is 0 Å². The maximum absolute atomic E-state index is 2.45. The molecule has 0 nitrogen and oxygen atoms in total. The molecule has 14 aromatic rings. The molecule has 14 aromatic carbocycles. The van der Waals surface area contributed by atoms with Crippen molar-refractivity contribution in [3.8, 4) is 89.0 Å². The molecule has 14 rings (SSSR count). The van der Waals surface area contributed by atoms with Crippen LogP contribution in [0.2, 0.25) is 0 Å². The number of rotatable bonds is 8. The summed E-state index contributed by atoms with van der Waals surface area (Å²) >= 11 is 0. The monoisotopic (exact) mass is 936 g/mol. The number of benzene rings is 14. The standard InChI is InChI=1S/C74H48/c1-5-17-49(18-6-1)53-25-13-29-57(41-53)61-33-37-65-69(45-61)70-46-62(58-30-14-26-54(42-58)50-19-7-2-8-20-50)34-38-66(70)74-68-40-36-64(60-32-16-28-56(44-60)52-23-11-4-12-24-52)48-72(68)71-47-63(35-39-67(71)73(65)74)59-31-15-27-55(43-59)51-21-9-3-10-22-51/h1-48H. The lowest BCUT2D eigenvalue weighted by Gasteiger charge is -2.19. The quantitative estimate of drug-likeness (QED) is 0.133. The normalized spacial score (nSPS) is 11.5. The van der Waals surface area contributed by atoms with E-state index in [1.807, 2.05) is 0 Å². The lowest BCUT2D eigenvalue weighted by Crippen LogP contribution is -1.92. The minimum Gasteiger partial charge on any atom is -0.0622 e. The van der Waals surface area contributed by atoms with Gasteiger partial charge in [-0.3, -0.25) is 0 Å². The van der Waals surface area contributed by atoms with Gasteiger partial charge in [-0.05, 0) is 191 Å². The van der Waals surface area contributed by atoms with Crippen LogP contribution >= 0.6 is 0 Å². The average Bonchev–Trinajstić information content (AvgIpc) is 3.50. The Bertz CT molecular complexity index is 3860. The number of hydrogen-bond donors (Lipinski definition) is 0. The molecule has 0 amide bonds. The van der Waals surface area contributed by atoms with Crippen molar-refractivity contribution in [3.63, 3.8) is 0 Å². The Morgan fingerprint density at radius 2 is 0.284 bits per heavy atom. The second kappa shape index (κ2) is 18.2. The molecule has 0 bridgehead atoms. The second-order valence-electron chi connectivity index (χ2n) is 19.6. The summed E-state index contributed by atoms with van der Waals surface area (Å²) in [6.07, 6.45) is 0. The Morgan fingerprint density at radius 3 is 0.500 bits per heavy atom. The van der Waals surface area contributed by atoms with E-state index in [9.17, 15) is 0 Å². The topological polar surface area (TPSA) is 0 Å². The van der Waals surface area contributed by atoms with Crippen LogP contribution in [0.4, 0.5) is 0 Å². The van der Waals surface area contributed by atoms with Gasteiger partial charge in [0.05, 0.1) is 0 Å². The SMILES string of the molecule is c1ccc(-c2cccc(-c3ccc4c(c3)c3cc(-c5cccc(-c6ccccc6)c5)ccc3c3c5ccc(-c6cccc(-c7ccccc7)c6)cc5c5cc(-c6cccc(-c7ccccc7)c6)ccc5c43)c2)cc1. The molecule has 0 saturated heterocycles. The number of fused-ring (bicyclic) bond motifs is 11. The molecule has 74 heavy (non-hydrogen) atoms. The fraction of sp³-hybridized carbons (Fsp3) is 0. The molecule has 0 unspecified atom stereocenters. The van der Waals surface area contributed by atoms with E-state index in [2.05, 4.69) is 291 Å². The highest BCUT2D eigenvalue weighted by molar-refractivity contribution is 6.40. The summed E-state index contributed by atoms with van der Waals surface area (Å²) in [6, 6.07) is 108. The van der Waals surface area contributed by atoms with E-state index < -0.39 is 0 Å². The minimum absolute atomic E-state index is 1.19. The van der Waals surface area contributed by atoms with Crippen molar-refractivity contribution in [2.24, 2.45) is 0 Å². The molecule has 0 aliphatic heterocycles. The van der Waals surface area contributed by atoms with Crippen LogP contribution in [0.5, 0.6) is 0 Å². The van der Waals surface area contributed by atoms with Crippen molar-refractivity contribution < 1.29 is 0 Å². The maximum Gasteiger partial charge on any atom is -0.00139 e. The first-order valence-corrected chi connectivity index (χ1v) is 25.6. The lowest BCUT2D eigenvalue weighted by molar-refractivity contribution is 1.60. The fourth-order valence-corrected chi connectivity index (χ4v) is 11.5. The summed E-state index contributed by atoms with van der Waals surface area (Å²) in [5.74, 6) is 0. The van der Waals surface area contributed by atoms with Gasteiger partial charge in [0, 0.05) is 0 Å². The molecule has 0 radical (unpaired) electrons. The summed E-state index contributed by atoms with van der Waals surface area (Å²) in [6.45, 7) is 0. The van der Waals surface area contributed by atoms with E-state index in [0.717, 1.165) is 0 Å². The molecule has 0 saturated carbocycles. The molecule has 0 heterocycles. The smallest absolute Gasteiger partial charge is 0.00139 e. The largest absolute Gasteiger partial charge is 0.0622 e. The van der Waals surface area contributed by atoms with Gasteiger partial charge < -0.3 is 0 Å². The van der Waals surface area contributed by atoms with Crippen LogP contribution in [0, 0.1) is 0 Å². The third-order valence-corrected chi connectivity index (χ3v) is 15.2. The summed E-state index contributed by atoms with van der Waals surface area (Å²) < 4.78 is 0. The van der Waals surface area contributed by atoms with Gasteiger partial charge in [-0.15, -0.1) is 0 Å². The first-order chi connectivity index (χ1) is 36.7. The van der Waals surface area contributed by atoms with Crippen LogP contribution in [0.1, 0.15) is 0 Å². The van der Waals surface area contributed by atoms with E-state index in [0.29, 0.717) is 0 Å². The molecule has 0 atom stereocenters. The summed E-state index contributed by atoms with van der Waals surface area (Å²) in [7, 11) is 0. The summed E-state index contributed by atoms with van der Waals surface area (Å²) in [4.78, 5) is 0. The highest BCUT2D eigenvalue weighted by Gasteiger charge is 2.20. The molecule has 0 aliphatic rings. The zero-order chi connectivity index (χ0) is 49.0. The van der Waals surface area contributed by atoms with Crippen molar-refractivity contribution in [1.82, 2.24) is 0 Å². The zero-order valence-corrected chi connectivity index (χ0v) is 40.7. The predicted octanol–water partition coefficient (Wildman–Crippen LogP) is 20.8. The third kappa shape index (κ3) is 7.73. The Hall–Kier alpha value is -9.62. The van der Waals surface area contributed by atoms with Crippen molar-refractivity contribution in [3.05, 3.63) is 291 Å². The Morgan fingerprint density at radius 1 is 0.108 bits per heavy atom. The predicted molar refractivity (Wildman–Crippen MR) is 317 cm³/mol. The molecule has 0 spiro atoms. The highest BCUT2D eigenvalue weighted by atomic mass is 14.2. The summed E-state index contributed by atoms with van der Waals surface area (Å²) in [5.41, 5.74) is 19.3. The van der Waals surface area contributed by atoms with Gasteiger partial charge in [0.25, 0.3) is 0 Å². The van der Waals surface area contributed by atoms with Crippen molar-refractivity contribution in [2.45, 2.75) is 0 Å². The van der Waals surface area contributed by atoms with Crippen LogP contribution in [-0.4, -0.2) is 0 Å². The first-order valence-electron chi connectivity index (χ1n) is 25.6. The molecular formula is C74H48. The molecular weight excluding hydrogens is 889 g/mol. The van der Waals surface area contributed by atoms with Crippen molar-refractivity contribution in [2.75, 3.05) is 0 Å². The number of hydrogen-bond acceptors (Lipinski definition) is 0. The van der Waals surface area contributed by atoms with Crippen LogP contribution in [-0.2, 0) is 0 Å². The van der Waals surface area contributed by atoms with Gasteiger partial charge in [0.15, 0.2) is 0 Å². The van der Waals surface area contributed by atoms with Crippen molar-refractivity contribution >= 4 is 53.9 Å². The van der Waals surface area contributed by atoms with E-state index in [1.165, 1.54) is 143 Å². The van der Waals surface area contributed by atoms with Gasteiger partial charge in [-0.2, -0.15) is 0 Å². The van der Waals surface area contributed by atoms with Gasteiger partial charge >= 0.3 is 0 Å². The Balaban J connectivity index is 1.05. The van der Waals surface area contributed by atoms with Crippen LogP contribution in [0.3, 0.4) is 0 Å². The third-order valence-electron chi connectivity index (χ3n) is 15.2. The van der Waals surface area contributed by atoms with Gasteiger partial charge in [0.1, 0.15) is 0 Å². The maximum atomic E-state index is 2.45. The average molecular weight is 937 g/mol. The molecule has 0 aliphatic carbocycles. The Labute approximate surface area is 431 Å². The van der Waals surface area contributed by atoms with Gasteiger partial charge in [-0.1, -0.05) is 243 Å². The van der Waals surface area contributed by atoms with E-state index >= 15 is 0 Å². The van der Waals surface area contributed by atoms with E-state index in [-0.39, 0.29) is 0 Å². The van der Waals surface area contributed by atoms with Gasteiger partial charge in [0.2, 0.25) is 0 Å². The van der Waals surface area contributed by atoms with Crippen molar-refractivity contribution in [1.29, 1.82) is 0 Å². The first kappa shape index (κ1) is 43.2. The molecule has 344 valence electrons. The molecule has 0 heteroatoms. The van der Waals surface area contributed by atoms with Crippen LogP contribution in [0.15, 0.2) is 291 Å². The van der Waals surface area contributed by atoms with Gasteiger partial charge in [-0.25, -0.2) is 0 Å². The Kier molecular flexibility index (Phi) is 10.6. The lowest BCUT2D eigenvalue weighted by atomic mass is 9.84. The zero-order valence-electron chi connectivity index (χ0n) is 40.7. The molecule has 0 N–H and O–H groups in total. The molecule has 0 fully saturated rings. The second-order valence-corrected chi connectivity index (χ2v) is 19.6. The van der Waals surface area contributed by atoms with Crippen LogP contribution < -0.4 is 0 Å². The highest BCUT2D eigenvalue weighted by Crippen LogP contribution is 2.48. The summed E-state index contributed by atoms with van der Waals surface area (Å²) in [5, 5.41) is 12.5. The van der Waals surface area contributed by atoms with Crippen LogP contribution in [0.25, 0.3) is 143 Å². The van der Waals surface area contributed by atoms with E-state index in [1.54, 1.807) is 0 Å². The minimum atomic E-state index is 1.19.